The molecular weight excluding hydrogens is 188 g/mol. The molecule has 0 bridgehead atoms. The zero-order valence-corrected chi connectivity index (χ0v) is 9.37. The lowest BCUT2D eigenvalue weighted by atomic mass is 9.99. The van der Waals surface area contributed by atoms with Gasteiger partial charge in [-0.05, 0) is 24.5 Å². The highest BCUT2D eigenvalue weighted by Crippen LogP contribution is 2.29. The van der Waals surface area contributed by atoms with Crippen molar-refractivity contribution in [3.63, 3.8) is 0 Å². The predicted molar refractivity (Wildman–Crippen MR) is 60.5 cm³/mol. The van der Waals surface area contributed by atoms with E-state index in [1.54, 1.807) is 0 Å². The molecule has 1 aliphatic carbocycles. The number of hydrogen-bond donors (Lipinski definition) is 2. The van der Waals surface area contributed by atoms with Crippen LogP contribution in [-0.4, -0.2) is 21.8 Å². The van der Waals surface area contributed by atoms with Crippen LogP contribution in [0.2, 0.25) is 0 Å². The largest absolute Gasteiger partial charge is 0.394 e. The summed E-state index contributed by atoms with van der Waals surface area (Å²) in [5.74, 6) is 0. The highest BCUT2D eigenvalue weighted by atomic mass is 16.3. The summed E-state index contributed by atoms with van der Waals surface area (Å²) < 4.78 is 2.05. The van der Waals surface area contributed by atoms with Crippen LogP contribution in [0, 0.1) is 0 Å². The maximum absolute atomic E-state index is 9.43. The average Bonchev–Trinajstić information content (AvgIpc) is 2.85. The van der Waals surface area contributed by atoms with Crippen molar-refractivity contribution in [3.8, 4) is 0 Å². The number of nitrogens with one attached hydrogen (secondary N) is 1. The third kappa shape index (κ3) is 2.41. The predicted octanol–water partition coefficient (Wildman–Crippen LogP) is 1.42. The third-order valence-corrected chi connectivity index (χ3v) is 3.42. The quantitative estimate of drug-likeness (QED) is 0.785. The summed E-state index contributed by atoms with van der Waals surface area (Å²) >= 11 is 0. The number of rotatable bonds is 4. The van der Waals surface area contributed by atoms with E-state index >= 15 is 0 Å². The standard InChI is InChI=1S/C12H20N2O/c1-14-7-4-11(9-14)8-13-12(10-15)5-2-3-6-12/h4,7,9,13,15H,2-3,5-6,8,10H2,1H3. The molecule has 0 aromatic carbocycles. The average molecular weight is 208 g/mol. The Morgan fingerprint density at radius 1 is 1.47 bits per heavy atom. The fraction of sp³-hybridized carbons (Fsp3) is 0.667. The lowest BCUT2D eigenvalue weighted by molar-refractivity contribution is 0.163. The number of hydrogen-bond acceptors (Lipinski definition) is 2. The van der Waals surface area contributed by atoms with Gasteiger partial charge in [-0.25, -0.2) is 0 Å². The molecule has 0 radical (unpaired) electrons. The van der Waals surface area contributed by atoms with Crippen LogP contribution >= 0.6 is 0 Å². The Labute approximate surface area is 91.1 Å². The first-order chi connectivity index (χ1) is 7.24. The van der Waals surface area contributed by atoms with Crippen molar-refractivity contribution in [3.05, 3.63) is 24.0 Å². The molecule has 0 amide bonds. The molecule has 0 saturated heterocycles. The van der Waals surface area contributed by atoms with E-state index in [9.17, 15) is 5.11 Å². The molecule has 1 saturated carbocycles. The van der Waals surface area contributed by atoms with E-state index in [0.717, 1.165) is 19.4 Å². The molecule has 1 aliphatic rings. The molecule has 3 nitrogen and oxygen atoms in total. The second-order valence-electron chi connectivity index (χ2n) is 4.68. The van der Waals surface area contributed by atoms with Gasteiger partial charge in [0.1, 0.15) is 0 Å². The molecule has 1 aromatic heterocycles. The highest BCUT2D eigenvalue weighted by Gasteiger charge is 2.32. The van der Waals surface area contributed by atoms with E-state index in [2.05, 4.69) is 28.3 Å². The van der Waals surface area contributed by atoms with Gasteiger partial charge in [0, 0.05) is 31.5 Å². The van der Waals surface area contributed by atoms with Gasteiger partial charge in [0.15, 0.2) is 0 Å². The summed E-state index contributed by atoms with van der Waals surface area (Å²) in [5.41, 5.74) is 1.28. The lowest BCUT2D eigenvalue weighted by Crippen LogP contribution is -2.45. The van der Waals surface area contributed by atoms with Crippen LogP contribution < -0.4 is 5.32 Å². The summed E-state index contributed by atoms with van der Waals surface area (Å²) in [6.07, 6.45) is 8.86. The molecule has 0 spiro atoms. The van der Waals surface area contributed by atoms with Crippen LogP contribution in [-0.2, 0) is 13.6 Å². The van der Waals surface area contributed by atoms with E-state index in [-0.39, 0.29) is 12.1 Å². The third-order valence-electron chi connectivity index (χ3n) is 3.42. The Bertz CT molecular complexity index is 313. The number of aliphatic hydroxyl groups excluding tert-OH is 1. The Kier molecular flexibility index (Phi) is 3.12. The SMILES string of the molecule is Cn1ccc(CNC2(CO)CCCC2)c1. The molecular formula is C12H20N2O. The van der Waals surface area contributed by atoms with Gasteiger partial charge in [0.25, 0.3) is 0 Å². The Morgan fingerprint density at radius 3 is 2.73 bits per heavy atom. The molecule has 0 aliphatic heterocycles. The Hall–Kier alpha value is -0.800. The van der Waals surface area contributed by atoms with Gasteiger partial charge in [-0.15, -0.1) is 0 Å². The van der Waals surface area contributed by atoms with Gasteiger partial charge in [0.05, 0.1) is 6.61 Å². The Morgan fingerprint density at radius 2 is 2.20 bits per heavy atom. The Balaban J connectivity index is 1.91. The molecule has 84 valence electrons. The fourth-order valence-corrected chi connectivity index (χ4v) is 2.40. The number of aromatic nitrogens is 1. The van der Waals surface area contributed by atoms with Crippen LogP contribution in [0.25, 0.3) is 0 Å². The van der Waals surface area contributed by atoms with Crippen molar-refractivity contribution in [1.29, 1.82) is 0 Å². The van der Waals surface area contributed by atoms with Crippen LogP contribution in [0.5, 0.6) is 0 Å². The first-order valence-electron chi connectivity index (χ1n) is 5.71. The molecule has 2 rings (SSSR count). The van der Waals surface area contributed by atoms with Crippen molar-refractivity contribution in [2.75, 3.05) is 6.61 Å². The van der Waals surface area contributed by atoms with Crippen molar-refractivity contribution in [2.24, 2.45) is 7.05 Å². The number of aryl methyl sites for hydroxylation is 1. The molecule has 15 heavy (non-hydrogen) atoms. The molecule has 2 N–H and O–H groups in total. The van der Waals surface area contributed by atoms with Crippen molar-refractivity contribution in [1.82, 2.24) is 9.88 Å². The van der Waals surface area contributed by atoms with Gasteiger partial charge in [-0.3, -0.25) is 0 Å². The second kappa shape index (κ2) is 4.37. The molecule has 0 atom stereocenters. The molecule has 1 aromatic rings. The zero-order chi connectivity index (χ0) is 10.7. The van der Waals surface area contributed by atoms with Crippen LogP contribution in [0.15, 0.2) is 18.5 Å². The van der Waals surface area contributed by atoms with E-state index < -0.39 is 0 Å². The summed E-state index contributed by atoms with van der Waals surface area (Å²) in [7, 11) is 2.03. The van der Waals surface area contributed by atoms with Gasteiger partial charge >= 0.3 is 0 Å². The van der Waals surface area contributed by atoms with Gasteiger partial charge < -0.3 is 15.0 Å². The maximum atomic E-state index is 9.43. The van der Waals surface area contributed by atoms with E-state index in [1.807, 2.05) is 7.05 Å². The van der Waals surface area contributed by atoms with Crippen LogP contribution in [0.1, 0.15) is 31.2 Å². The highest BCUT2D eigenvalue weighted by molar-refractivity contribution is 5.10. The minimum Gasteiger partial charge on any atom is -0.394 e. The lowest BCUT2D eigenvalue weighted by Gasteiger charge is -2.27. The molecule has 0 unspecified atom stereocenters. The van der Waals surface area contributed by atoms with E-state index in [1.165, 1.54) is 18.4 Å². The monoisotopic (exact) mass is 208 g/mol. The van der Waals surface area contributed by atoms with Crippen LogP contribution in [0.3, 0.4) is 0 Å². The number of aliphatic hydroxyl groups is 1. The van der Waals surface area contributed by atoms with Crippen molar-refractivity contribution < 1.29 is 5.11 Å². The molecule has 1 fully saturated rings. The smallest absolute Gasteiger partial charge is 0.0613 e. The number of nitrogens with zero attached hydrogens (tertiary/aromatic N) is 1. The first kappa shape index (κ1) is 10.7. The fourth-order valence-electron chi connectivity index (χ4n) is 2.40. The van der Waals surface area contributed by atoms with Gasteiger partial charge in [-0.2, -0.15) is 0 Å². The zero-order valence-electron chi connectivity index (χ0n) is 9.37. The topological polar surface area (TPSA) is 37.2 Å². The summed E-state index contributed by atoms with van der Waals surface area (Å²) in [4.78, 5) is 0. The van der Waals surface area contributed by atoms with Gasteiger partial charge in [-0.1, -0.05) is 12.8 Å². The first-order valence-corrected chi connectivity index (χ1v) is 5.71. The maximum Gasteiger partial charge on any atom is 0.0613 e. The summed E-state index contributed by atoms with van der Waals surface area (Å²) in [6.45, 7) is 1.13. The van der Waals surface area contributed by atoms with Crippen molar-refractivity contribution >= 4 is 0 Å². The van der Waals surface area contributed by atoms with Gasteiger partial charge in [0.2, 0.25) is 0 Å². The second-order valence-corrected chi connectivity index (χ2v) is 4.68. The normalized spacial score (nSPS) is 19.6. The van der Waals surface area contributed by atoms with Crippen LogP contribution in [0.4, 0.5) is 0 Å². The van der Waals surface area contributed by atoms with E-state index in [4.69, 9.17) is 0 Å². The minimum atomic E-state index is -0.00413. The molecule has 3 heteroatoms. The molecule has 1 heterocycles. The minimum absolute atomic E-state index is 0.00413. The summed E-state index contributed by atoms with van der Waals surface area (Å²) in [6, 6.07) is 2.12. The van der Waals surface area contributed by atoms with Crippen molar-refractivity contribution in [2.45, 2.75) is 37.8 Å². The summed E-state index contributed by atoms with van der Waals surface area (Å²) in [5, 5.41) is 12.9. The van der Waals surface area contributed by atoms with E-state index in [0.29, 0.717) is 0 Å².